The minimum atomic E-state index is -3.82. The highest BCUT2D eigenvalue weighted by molar-refractivity contribution is 8.66. The molecule has 582 valence electrons. The minimum absolute atomic E-state index is 0. The molecule has 0 spiro atoms. The summed E-state index contributed by atoms with van der Waals surface area (Å²) in [6.07, 6.45) is -1.42. The first-order valence-electron chi connectivity index (χ1n) is 30.8. The molecule has 0 aromatic rings. The molecular weight excluding hydrogens is 1530 g/mol. The first kappa shape index (κ1) is 154. The maximum atomic E-state index is 12.8. The topological polar surface area (TPSA) is 163 Å². The van der Waals surface area contributed by atoms with Gasteiger partial charge in [0.15, 0.2) is 0 Å². The van der Waals surface area contributed by atoms with Crippen LogP contribution in [0.2, 0.25) is 0 Å². The van der Waals surface area contributed by atoms with E-state index in [1.54, 1.807) is 14.2 Å². The van der Waals surface area contributed by atoms with Crippen LogP contribution in [0.15, 0.2) is 0 Å². The zero-order valence-electron chi connectivity index (χ0n) is 62.6. The molecule has 4 fully saturated rings. The predicted octanol–water partition coefficient (Wildman–Crippen LogP) is 21.1. The maximum absolute atomic E-state index is 12.8. The van der Waals surface area contributed by atoms with E-state index in [-0.39, 0.29) is 114 Å². The summed E-state index contributed by atoms with van der Waals surface area (Å²) in [6.45, 7) is 48.7. The molecule has 4 aliphatic heterocycles. The van der Waals surface area contributed by atoms with Crippen molar-refractivity contribution in [3.63, 3.8) is 0 Å². The van der Waals surface area contributed by atoms with Crippen LogP contribution in [0.3, 0.4) is 0 Å². The Morgan fingerprint density at radius 2 is 0.596 bits per heavy atom. The molecule has 18 unspecified atom stereocenters. The van der Waals surface area contributed by atoms with Gasteiger partial charge < -0.3 is 37.9 Å². The second-order valence-electron chi connectivity index (χ2n) is 13.0. The summed E-state index contributed by atoms with van der Waals surface area (Å²) in [6, 6.07) is -1.53. The van der Waals surface area contributed by atoms with Crippen LogP contribution in [-0.4, -0.2) is 187 Å². The van der Waals surface area contributed by atoms with Gasteiger partial charge in [-0.1, -0.05) is 212 Å². The van der Waals surface area contributed by atoms with Crippen molar-refractivity contribution in [1.29, 1.82) is 0 Å². The van der Waals surface area contributed by atoms with Gasteiger partial charge in [0.2, 0.25) is 0 Å². The highest BCUT2D eigenvalue weighted by atomic mass is 32.7. The van der Waals surface area contributed by atoms with Crippen molar-refractivity contribution >= 4 is 200 Å². The standard InChI is InChI=1S/2C13H23B3O8P.12C2H6.4CH4.2H6P4.2H5P3.2H3P/c2*1-18-6-10-9(5-13(16-15)23-10)24-25(17,20-3)21-7-11-8(19-2)4-12(14)22-11;12*1-2;;;;;2*1-4(2)3;2*1-3-2;;/h2*8-13H,4-7H2,1-3H3;12*1-2H3;4*1H4;2*1-3H2;2*3H,1-2H2;2*1H3/t2*8?,9?,10-,11-,12-,13-,25?;;;;;;;;;;;;;;;;;;;;;;/m11....................../s1. The van der Waals surface area contributed by atoms with E-state index in [1.165, 1.54) is 42.8 Å². The molecule has 0 N–H and O–H groups in total. The summed E-state index contributed by atoms with van der Waals surface area (Å²) in [5, 5.41) is 0. The van der Waals surface area contributed by atoms with Crippen LogP contribution in [0.1, 0.15) is 222 Å². The highest BCUT2D eigenvalue weighted by Gasteiger charge is 2.44. The zero-order chi connectivity index (χ0) is 73.5. The second-order valence-corrected chi connectivity index (χ2v) is 48.4. The number of rotatable bonds is 20. The van der Waals surface area contributed by atoms with Crippen LogP contribution >= 0.6 is 155 Å². The fourth-order valence-corrected chi connectivity index (χ4v) is 8.06. The Morgan fingerprint density at radius 3 is 0.755 bits per heavy atom. The van der Waals surface area contributed by atoms with E-state index in [0.29, 0.717) is 25.7 Å². The van der Waals surface area contributed by atoms with Gasteiger partial charge in [-0.2, -0.15) is 19.8 Å². The van der Waals surface area contributed by atoms with Crippen LogP contribution < -0.4 is 0 Å². The van der Waals surface area contributed by atoms with Gasteiger partial charge in [0, 0.05) is 82.1 Å². The Balaban J connectivity index is -0.0000000409. The van der Waals surface area contributed by atoms with Crippen molar-refractivity contribution < 1.29 is 74.2 Å². The first-order valence-corrected chi connectivity index (χ1v) is 55.4. The smallest absolute Gasteiger partial charge is 0.382 e. The van der Waals surface area contributed by atoms with E-state index in [0.717, 1.165) is 15.9 Å². The molecule has 4 heterocycles. The summed E-state index contributed by atoms with van der Waals surface area (Å²) < 4.78 is 101. The Labute approximate surface area is 633 Å². The number of hydrogen-bond acceptors (Lipinski definition) is 16. The molecule has 0 bridgehead atoms. The third-order valence-electron chi connectivity index (χ3n) is 8.38. The lowest BCUT2D eigenvalue weighted by Gasteiger charge is -2.25. The van der Waals surface area contributed by atoms with Gasteiger partial charge in [-0.25, -0.2) is 9.13 Å². The predicted molar refractivity (Wildman–Crippen MR) is 497 cm³/mol. The maximum Gasteiger partial charge on any atom is 0.474 e. The summed E-state index contributed by atoms with van der Waals surface area (Å²) in [5.41, 5.74) is 0. The molecule has 0 amide bonds. The van der Waals surface area contributed by atoms with Gasteiger partial charge in [0.05, 0.1) is 65.2 Å². The summed E-state index contributed by atoms with van der Waals surface area (Å²) >= 11 is 0. The number of methoxy groups -OCH3 is 4. The van der Waals surface area contributed by atoms with Crippen LogP contribution in [0.4, 0.5) is 0 Å². The molecule has 0 aromatic heterocycles. The van der Waals surface area contributed by atoms with Crippen LogP contribution in [0.25, 0.3) is 0 Å². The third kappa shape index (κ3) is 101. The quantitative estimate of drug-likeness (QED) is 0.0835. The molecule has 4 saturated heterocycles. The molecule has 0 saturated carbocycles. The number of phosphoric acid groups is 2. The van der Waals surface area contributed by atoms with Crippen molar-refractivity contribution in [3.05, 3.63) is 0 Å². The molecule has 26 atom stereocenters. The van der Waals surface area contributed by atoms with E-state index in [9.17, 15) is 9.13 Å². The number of hydrogen-bond donors (Lipinski definition) is 0. The fraction of sp³-hybridized carbons (Fsp3) is 1.00. The Morgan fingerprint density at radius 1 is 0.404 bits per heavy atom. The fourth-order valence-electron chi connectivity index (χ4n) is 5.79. The van der Waals surface area contributed by atoms with Gasteiger partial charge in [0.25, 0.3) is 0 Å². The minimum Gasteiger partial charge on any atom is -0.382 e. The lowest BCUT2D eigenvalue weighted by molar-refractivity contribution is -0.0389. The third-order valence-corrected chi connectivity index (χ3v) is 11.3. The molecule has 4 aliphatic rings. The Kier molecular flexibility index (Phi) is 213. The monoisotopic (exact) mass is 1690 g/mol. The highest BCUT2D eigenvalue weighted by Crippen LogP contribution is 2.60. The van der Waals surface area contributed by atoms with Gasteiger partial charge in [-0.15, -0.1) is 89.3 Å². The average molecular weight is 1690 g/mol. The molecule has 0 aliphatic carbocycles. The molecule has 16 nitrogen and oxygen atoms in total. The van der Waals surface area contributed by atoms with Crippen LogP contribution in [0, 0.1) is 0 Å². The van der Waals surface area contributed by atoms with Crippen molar-refractivity contribution in [1.82, 2.24) is 0 Å². The molecule has 10 radical (unpaired) electrons. The van der Waals surface area contributed by atoms with Crippen LogP contribution in [0.5, 0.6) is 0 Å². The Hall–Kier alpha value is 7.17. The van der Waals surface area contributed by atoms with Gasteiger partial charge in [-0.05, 0) is 39.7 Å². The second kappa shape index (κ2) is 130. The van der Waals surface area contributed by atoms with Crippen molar-refractivity contribution in [3.8, 4) is 0 Å². The summed E-state index contributed by atoms with van der Waals surface area (Å²) in [5.74, 6) is 0. The van der Waals surface area contributed by atoms with E-state index in [1.807, 2.05) is 166 Å². The lowest BCUT2D eigenvalue weighted by Crippen LogP contribution is -2.30. The van der Waals surface area contributed by atoms with E-state index >= 15 is 0 Å². The van der Waals surface area contributed by atoms with Gasteiger partial charge >= 0.3 is 15.6 Å². The van der Waals surface area contributed by atoms with Crippen LogP contribution in [-0.2, 0) is 74.2 Å². The molecule has 40 heteroatoms. The van der Waals surface area contributed by atoms with E-state index in [4.69, 9.17) is 96.2 Å². The van der Waals surface area contributed by atoms with Crippen molar-refractivity contribution in [2.75, 3.05) is 69.1 Å². The zero-order valence-corrected chi connectivity index (χ0v) is 82.5. The van der Waals surface area contributed by atoms with Gasteiger partial charge in [-0.3, -0.25) is 27.1 Å². The molecule has 4 rings (SSSR count). The molecule has 0 aromatic carbocycles. The number of phosphoric ester groups is 2. The number of ether oxygens (including phenoxy) is 8. The van der Waals surface area contributed by atoms with E-state index in [2.05, 4.69) is 89.3 Å². The van der Waals surface area contributed by atoms with Crippen molar-refractivity contribution in [2.45, 2.75) is 294 Å². The van der Waals surface area contributed by atoms with Crippen molar-refractivity contribution in [2.24, 2.45) is 0 Å². The van der Waals surface area contributed by atoms with E-state index < -0.39 is 64.3 Å². The molecular formula is C54H162B6O16P18. The van der Waals surface area contributed by atoms with Gasteiger partial charge in [0.1, 0.15) is 40.1 Å². The SMILES string of the molecule is C.C.C.C.CC.CC.CC.CC.CC.CC.CC.CC.CC.CC.CC.CC.P.P.PP(P)P.PP(P)P.PPP.PPP.[B][B][C@H]1CC(OP(=O)(OC)OC[C@H]2O[C@@H]([B])CC2OC)[C@@H](COC)O1.[B][B][C@H]1CC(OP(=O)(OC)OC[C@H]2O[C@@H]([B])CC2OC)[C@@H](COC)O1. The normalized spacial score (nSPS) is 22.1. The molecule has 94 heavy (non-hydrogen) atoms. The average Bonchev–Trinajstić information content (AvgIpc) is 1.68. The lowest BCUT2D eigenvalue weighted by atomic mass is 9.51. The Bertz CT molecular complexity index is 1180. The first-order chi connectivity index (χ1) is 42.2. The summed E-state index contributed by atoms with van der Waals surface area (Å²) in [4.78, 5) is 0. The summed E-state index contributed by atoms with van der Waals surface area (Å²) in [7, 11) is 54.4. The largest absolute Gasteiger partial charge is 0.474 e.